The molecule has 0 radical (unpaired) electrons. The number of hydrogen-bond acceptors (Lipinski definition) is 6. The van der Waals surface area contributed by atoms with Gasteiger partial charge in [0.1, 0.15) is 25.4 Å². The molecule has 0 saturated carbocycles. The molecule has 0 aliphatic carbocycles. The molecule has 3 heterocycles. The Hall–Kier alpha value is -3.39. The molecule has 8 nitrogen and oxygen atoms in total. The van der Waals surface area contributed by atoms with Crippen LogP contribution in [-0.2, 0) is 40.2 Å². The molecular formula is C28H36N4O4. The van der Waals surface area contributed by atoms with Crippen LogP contribution in [0.1, 0.15) is 41.9 Å². The third kappa shape index (κ3) is 5.70. The molecule has 2 atom stereocenters. The van der Waals surface area contributed by atoms with Crippen LogP contribution in [0, 0.1) is 13.8 Å². The Labute approximate surface area is 212 Å². The monoisotopic (exact) mass is 492 g/mol. The maximum absolute atomic E-state index is 12.3. The highest BCUT2D eigenvalue weighted by Gasteiger charge is 2.32. The van der Waals surface area contributed by atoms with Crippen molar-refractivity contribution in [1.82, 2.24) is 9.55 Å². The van der Waals surface area contributed by atoms with E-state index in [1.54, 1.807) is 6.92 Å². The second-order valence-electron chi connectivity index (χ2n) is 10.0. The zero-order valence-corrected chi connectivity index (χ0v) is 21.9. The molecule has 1 aromatic carbocycles. The second kappa shape index (κ2) is 10.7. The molecule has 0 amide bonds. The fraction of sp³-hybridized carbons (Fsp3) is 0.464. The zero-order chi connectivity index (χ0) is 25.9. The number of ether oxygens (including phenoxy) is 2. The lowest BCUT2D eigenvalue weighted by Crippen LogP contribution is -2.50. The number of aromatic nitrogens is 2. The van der Waals surface area contributed by atoms with Gasteiger partial charge < -0.3 is 23.6 Å². The minimum Gasteiger partial charge on any atom is -0.553 e. The van der Waals surface area contributed by atoms with Gasteiger partial charge in [0.15, 0.2) is 0 Å². The topological polar surface area (TPSA) is 88.8 Å². The van der Waals surface area contributed by atoms with Crippen LogP contribution in [0.5, 0.6) is 0 Å². The summed E-state index contributed by atoms with van der Waals surface area (Å²) in [4.78, 5) is 20.0. The number of rotatable bonds is 8. The summed E-state index contributed by atoms with van der Waals surface area (Å²) in [6, 6.07) is 9.99. The summed E-state index contributed by atoms with van der Waals surface area (Å²) in [6.07, 6.45) is 3.04. The van der Waals surface area contributed by atoms with E-state index >= 15 is 0 Å². The Bertz CT molecular complexity index is 1260. The van der Waals surface area contributed by atoms with E-state index in [1.165, 1.54) is 40.2 Å². The third-order valence-electron chi connectivity index (χ3n) is 6.89. The minimum absolute atomic E-state index is 0.199. The van der Waals surface area contributed by atoms with E-state index in [4.69, 9.17) is 9.47 Å². The SMILES string of the molecule is CCOC(=O)C(C)N=C([O-])OC[N+]1(C)CCc2c(c3cc(C)ccc3n2CCc2ccc(C)nc2)C1. The molecule has 0 saturated heterocycles. The number of likely N-dealkylation sites (N-methyl/N-ethyl adjacent to an activating group) is 1. The molecule has 2 aromatic heterocycles. The van der Waals surface area contributed by atoms with Crippen LogP contribution in [0.15, 0.2) is 41.5 Å². The molecule has 36 heavy (non-hydrogen) atoms. The fourth-order valence-corrected chi connectivity index (χ4v) is 4.86. The second-order valence-corrected chi connectivity index (χ2v) is 10.0. The number of nitrogens with zero attached hydrogens (tertiary/aromatic N) is 4. The number of carbonyl (C=O) groups excluding carboxylic acids is 1. The van der Waals surface area contributed by atoms with Gasteiger partial charge in [-0.15, -0.1) is 0 Å². The average Bonchev–Trinajstić information content (AvgIpc) is 3.14. The van der Waals surface area contributed by atoms with Crippen molar-refractivity contribution in [3.8, 4) is 0 Å². The molecule has 1 aliphatic rings. The number of benzene rings is 1. The predicted octanol–water partition coefficient (Wildman–Crippen LogP) is 3.04. The number of fused-ring (bicyclic) bond motifs is 3. The highest BCUT2D eigenvalue weighted by atomic mass is 16.6. The van der Waals surface area contributed by atoms with Gasteiger partial charge in [0.2, 0.25) is 0 Å². The molecule has 3 aromatic rings. The van der Waals surface area contributed by atoms with Gasteiger partial charge in [0.05, 0.1) is 20.2 Å². The van der Waals surface area contributed by atoms with E-state index in [0.29, 0.717) is 4.48 Å². The third-order valence-corrected chi connectivity index (χ3v) is 6.89. The van der Waals surface area contributed by atoms with Gasteiger partial charge in [0, 0.05) is 47.0 Å². The predicted molar refractivity (Wildman–Crippen MR) is 137 cm³/mol. The van der Waals surface area contributed by atoms with E-state index in [1.807, 2.05) is 13.1 Å². The average molecular weight is 493 g/mol. The molecule has 0 bridgehead atoms. The first kappa shape index (κ1) is 25.7. The van der Waals surface area contributed by atoms with Crippen LogP contribution in [0.2, 0.25) is 0 Å². The number of hydrogen-bond donors (Lipinski definition) is 0. The summed E-state index contributed by atoms with van der Waals surface area (Å²) in [6.45, 7) is 10.3. The number of quaternary nitrogens is 1. The van der Waals surface area contributed by atoms with Crippen molar-refractivity contribution in [1.29, 1.82) is 0 Å². The number of carbonyl (C=O) groups is 1. The first-order valence-corrected chi connectivity index (χ1v) is 12.6. The van der Waals surface area contributed by atoms with Gasteiger partial charge in [-0.2, -0.15) is 0 Å². The summed E-state index contributed by atoms with van der Waals surface area (Å²) in [7, 11) is 2.10. The molecule has 0 N–H and O–H groups in total. The zero-order valence-electron chi connectivity index (χ0n) is 21.9. The smallest absolute Gasteiger partial charge is 0.330 e. The number of esters is 1. The maximum Gasteiger partial charge on any atom is 0.330 e. The first-order valence-electron chi connectivity index (χ1n) is 12.6. The minimum atomic E-state index is -0.875. The molecule has 0 fully saturated rings. The molecule has 1 aliphatic heterocycles. The van der Waals surface area contributed by atoms with E-state index in [9.17, 15) is 9.90 Å². The van der Waals surface area contributed by atoms with Gasteiger partial charge >= 0.3 is 5.97 Å². The molecule has 8 heteroatoms. The quantitative estimate of drug-likeness (QED) is 0.209. The van der Waals surface area contributed by atoms with Crippen LogP contribution in [0.25, 0.3) is 10.9 Å². The van der Waals surface area contributed by atoms with Crippen LogP contribution >= 0.6 is 0 Å². The first-order chi connectivity index (χ1) is 17.2. The molecule has 2 unspecified atom stereocenters. The van der Waals surface area contributed by atoms with Gasteiger partial charge in [-0.1, -0.05) is 17.7 Å². The van der Waals surface area contributed by atoms with E-state index in [-0.39, 0.29) is 13.3 Å². The number of aryl methyl sites for hydroxylation is 4. The lowest BCUT2D eigenvalue weighted by molar-refractivity contribution is -0.940. The van der Waals surface area contributed by atoms with Crippen LogP contribution < -0.4 is 5.11 Å². The van der Waals surface area contributed by atoms with Crippen LogP contribution in [0.3, 0.4) is 0 Å². The summed E-state index contributed by atoms with van der Waals surface area (Å²) in [5.41, 5.74) is 7.40. The Kier molecular flexibility index (Phi) is 7.64. The summed E-state index contributed by atoms with van der Waals surface area (Å²) in [5, 5.41) is 13.5. The van der Waals surface area contributed by atoms with Crippen molar-refractivity contribution >= 4 is 23.0 Å². The Morgan fingerprint density at radius 2 is 2.06 bits per heavy atom. The standard InChI is InChI=1S/C28H36N4O4/c1-6-35-27(33)21(4)30-28(34)36-18-32(5)14-12-26-24(17-32)23-15-19(2)7-10-25(23)31(26)13-11-22-9-8-20(3)29-16-22/h7-10,15-16,21H,6,11-14,17-18H2,1-5H3. The normalized spacial score (nSPS) is 18.6. The van der Waals surface area contributed by atoms with Crippen LogP contribution in [0.4, 0.5) is 0 Å². The highest BCUT2D eigenvalue weighted by Crippen LogP contribution is 2.34. The largest absolute Gasteiger partial charge is 0.553 e. The fourth-order valence-electron chi connectivity index (χ4n) is 4.86. The Morgan fingerprint density at radius 3 is 2.78 bits per heavy atom. The molecular weight excluding hydrogens is 456 g/mol. The number of pyridine rings is 1. The van der Waals surface area contributed by atoms with Gasteiger partial charge in [-0.25, -0.2) is 4.79 Å². The van der Waals surface area contributed by atoms with Crippen molar-refractivity contribution in [3.05, 3.63) is 64.6 Å². The molecule has 192 valence electrons. The lowest BCUT2D eigenvalue weighted by atomic mass is 10.0. The molecule has 4 rings (SSSR count). The van der Waals surface area contributed by atoms with E-state index < -0.39 is 18.1 Å². The van der Waals surface area contributed by atoms with Crippen molar-refractivity contribution in [2.45, 2.75) is 59.7 Å². The van der Waals surface area contributed by atoms with E-state index in [0.717, 1.165) is 38.2 Å². The Balaban J connectivity index is 1.53. The van der Waals surface area contributed by atoms with Gasteiger partial charge in [0.25, 0.3) is 0 Å². The lowest BCUT2D eigenvalue weighted by Gasteiger charge is -2.40. The summed E-state index contributed by atoms with van der Waals surface area (Å²) < 4.78 is 13.4. The van der Waals surface area contributed by atoms with Crippen LogP contribution in [-0.4, -0.2) is 59.1 Å². The highest BCUT2D eigenvalue weighted by molar-refractivity contribution is 5.86. The maximum atomic E-state index is 12.3. The van der Waals surface area contributed by atoms with E-state index in [2.05, 4.69) is 58.8 Å². The Morgan fingerprint density at radius 1 is 1.25 bits per heavy atom. The summed E-state index contributed by atoms with van der Waals surface area (Å²) in [5.74, 6) is -0.526. The van der Waals surface area contributed by atoms with Gasteiger partial charge in [-0.3, -0.25) is 9.98 Å². The summed E-state index contributed by atoms with van der Waals surface area (Å²) >= 11 is 0. The van der Waals surface area contributed by atoms with Crippen molar-refractivity contribution < 1.29 is 23.9 Å². The number of aliphatic imine (C=N–C) groups is 1. The van der Waals surface area contributed by atoms with Gasteiger partial charge in [-0.05, 0) is 57.9 Å². The van der Waals surface area contributed by atoms with Crippen molar-refractivity contribution in [2.24, 2.45) is 4.99 Å². The van der Waals surface area contributed by atoms with Crippen molar-refractivity contribution in [2.75, 3.05) is 26.9 Å². The molecule has 0 spiro atoms. The van der Waals surface area contributed by atoms with Crippen molar-refractivity contribution in [3.63, 3.8) is 0 Å².